The zero-order valence-electron chi connectivity index (χ0n) is 14.3. The number of carbonyl (C=O) groups excluding carboxylic acids is 1. The topological polar surface area (TPSA) is 63.8 Å². The van der Waals surface area contributed by atoms with E-state index >= 15 is 0 Å². The SMILES string of the molecule is Cl.O.O=C(Cc1ccc(Cl)c(Cl)c1)C1CCN[C@H](CN2CCCC2)C1. The first-order valence-corrected chi connectivity index (χ1v) is 9.30. The molecule has 2 heterocycles. The molecule has 7 heteroatoms. The highest BCUT2D eigenvalue weighted by Gasteiger charge is 2.28. The zero-order valence-corrected chi connectivity index (χ0v) is 16.6. The molecule has 0 amide bonds. The Kier molecular flexibility index (Phi) is 9.71. The zero-order chi connectivity index (χ0) is 16.2. The van der Waals surface area contributed by atoms with Crippen LogP contribution in [0.25, 0.3) is 0 Å². The van der Waals surface area contributed by atoms with Crippen LogP contribution in [-0.4, -0.2) is 48.4 Å². The van der Waals surface area contributed by atoms with Crippen LogP contribution >= 0.6 is 35.6 Å². The molecule has 0 spiro atoms. The van der Waals surface area contributed by atoms with Gasteiger partial charge in [0.2, 0.25) is 0 Å². The van der Waals surface area contributed by atoms with Gasteiger partial charge in [-0.15, -0.1) is 12.4 Å². The Hall–Kier alpha value is -0.360. The summed E-state index contributed by atoms with van der Waals surface area (Å²) >= 11 is 12.0. The quantitative estimate of drug-likeness (QED) is 0.812. The molecule has 4 nitrogen and oxygen atoms in total. The smallest absolute Gasteiger partial charge is 0.140 e. The Morgan fingerprint density at radius 3 is 2.60 bits per heavy atom. The summed E-state index contributed by atoms with van der Waals surface area (Å²) in [5.74, 6) is 0.495. The molecule has 2 aliphatic heterocycles. The highest BCUT2D eigenvalue weighted by molar-refractivity contribution is 6.42. The fourth-order valence-electron chi connectivity index (χ4n) is 3.71. The second-order valence-electron chi connectivity index (χ2n) is 6.77. The van der Waals surface area contributed by atoms with Gasteiger partial charge >= 0.3 is 0 Å². The lowest BCUT2D eigenvalue weighted by Crippen LogP contribution is -2.46. The number of carbonyl (C=O) groups is 1. The van der Waals surface area contributed by atoms with Gasteiger partial charge in [-0.25, -0.2) is 0 Å². The molecule has 0 bridgehead atoms. The number of benzene rings is 1. The molecule has 0 aromatic heterocycles. The van der Waals surface area contributed by atoms with Gasteiger partial charge in [-0.3, -0.25) is 4.79 Å². The first kappa shape index (κ1) is 22.7. The Morgan fingerprint density at radius 1 is 1.20 bits per heavy atom. The van der Waals surface area contributed by atoms with Gasteiger partial charge in [-0.05, 0) is 63.0 Å². The van der Waals surface area contributed by atoms with E-state index in [0.29, 0.717) is 28.3 Å². The van der Waals surface area contributed by atoms with Gasteiger partial charge in [0.25, 0.3) is 0 Å². The van der Waals surface area contributed by atoms with Gasteiger partial charge in [0.05, 0.1) is 10.0 Å². The standard InChI is InChI=1S/C18H24Cl2N2O.ClH.H2O/c19-16-4-3-13(9-17(16)20)10-18(23)14-5-6-21-15(11-14)12-22-7-1-2-8-22;;/h3-4,9,14-15,21H,1-2,5-8,10-12H2;1H;1H2/t14?,15-;;/m0../s1. The molecule has 25 heavy (non-hydrogen) atoms. The number of hydrogen-bond acceptors (Lipinski definition) is 3. The third-order valence-electron chi connectivity index (χ3n) is 4.99. The number of piperidine rings is 1. The monoisotopic (exact) mass is 408 g/mol. The molecule has 1 aromatic rings. The summed E-state index contributed by atoms with van der Waals surface area (Å²) in [6.45, 7) is 4.44. The fourth-order valence-corrected chi connectivity index (χ4v) is 4.03. The minimum Gasteiger partial charge on any atom is -0.412 e. The molecule has 2 fully saturated rings. The lowest BCUT2D eigenvalue weighted by molar-refractivity contribution is -0.123. The van der Waals surface area contributed by atoms with E-state index in [4.69, 9.17) is 23.2 Å². The Labute approximate surface area is 166 Å². The van der Waals surface area contributed by atoms with Crippen LogP contribution in [0.1, 0.15) is 31.2 Å². The van der Waals surface area contributed by atoms with Gasteiger partial charge < -0.3 is 15.7 Å². The molecule has 0 aliphatic carbocycles. The lowest BCUT2D eigenvalue weighted by atomic mass is 9.86. The molecule has 2 saturated heterocycles. The fraction of sp³-hybridized carbons (Fsp3) is 0.611. The predicted octanol–water partition coefficient (Wildman–Crippen LogP) is 3.17. The number of nitrogens with zero attached hydrogens (tertiary/aromatic N) is 1. The van der Waals surface area contributed by atoms with Crippen molar-refractivity contribution in [1.29, 1.82) is 0 Å². The molecule has 2 atom stereocenters. The van der Waals surface area contributed by atoms with Crippen molar-refractivity contribution in [3.05, 3.63) is 33.8 Å². The van der Waals surface area contributed by atoms with E-state index < -0.39 is 0 Å². The minimum atomic E-state index is 0. The maximum absolute atomic E-state index is 12.6. The summed E-state index contributed by atoms with van der Waals surface area (Å²) in [5, 5.41) is 4.64. The van der Waals surface area contributed by atoms with Crippen molar-refractivity contribution in [3.63, 3.8) is 0 Å². The van der Waals surface area contributed by atoms with Crippen molar-refractivity contribution in [1.82, 2.24) is 10.2 Å². The van der Waals surface area contributed by atoms with Gasteiger partial charge in [-0.1, -0.05) is 29.3 Å². The molecule has 2 aliphatic rings. The average molecular weight is 410 g/mol. The summed E-state index contributed by atoms with van der Waals surface area (Å²) in [6, 6.07) is 5.93. The summed E-state index contributed by atoms with van der Waals surface area (Å²) in [4.78, 5) is 15.1. The van der Waals surface area contributed by atoms with Gasteiger partial charge in [-0.2, -0.15) is 0 Å². The summed E-state index contributed by atoms with van der Waals surface area (Å²) in [6.07, 6.45) is 4.98. The number of nitrogens with one attached hydrogen (secondary N) is 1. The maximum Gasteiger partial charge on any atom is 0.140 e. The highest BCUT2D eigenvalue weighted by Crippen LogP contribution is 2.25. The molecule has 142 valence electrons. The number of rotatable bonds is 5. The molecular weight excluding hydrogens is 383 g/mol. The summed E-state index contributed by atoms with van der Waals surface area (Å²) < 4.78 is 0. The van der Waals surface area contributed by atoms with Crippen molar-refractivity contribution in [2.24, 2.45) is 5.92 Å². The molecule has 0 saturated carbocycles. The van der Waals surface area contributed by atoms with E-state index in [0.717, 1.165) is 31.5 Å². The molecule has 3 N–H and O–H groups in total. The van der Waals surface area contributed by atoms with Crippen LogP contribution in [0.2, 0.25) is 10.0 Å². The van der Waals surface area contributed by atoms with Crippen molar-refractivity contribution >= 4 is 41.4 Å². The first-order valence-electron chi connectivity index (χ1n) is 8.54. The Bertz CT molecular complexity index is 565. The average Bonchev–Trinajstić information content (AvgIpc) is 3.04. The van der Waals surface area contributed by atoms with E-state index in [1.807, 2.05) is 12.1 Å². The van der Waals surface area contributed by atoms with Crippen LogP contribution in [0.4, 0.5) is 0 Å². The van der Waals surface area contributed by atoms with E-state index in [9.17, 15) is 4.79 Å². The number of Topliss-reactive ketones (excluding diaryl/α,β-unsaturated/α-hetero) is 1. The van der Waals surface area contributed by atoms with E-state index in [1.54, 1.807) is 6.07 Å². The Morgan fingerprint density at radius 2 is 1.92 bits per heavy atom. The van der Waals surface area contributed by atoms with Crippen molar-refractivity contribution in [3.8, 4) is 0 Å². The second-order valence-corrected chi connectivity index (χ2v) is 7.59. The van der Waals surface area contributed by atoms with Crippen molar-refractivity contribution < 1.29 is 10.3 Å². The number of ketones is 1. The number of halogens is 3. The van der Waals surface area contributed by atoms with Crippen LogP contribution < -0.4 is 5.32 Å². The summed E-state index contributed by atoms with van der Waals surface area (Å²) in [7, 11) is 0. The van der Waals surface area contributed by atoms with E-state index in [1.165, 1.54) is 25.9 Å². The largest absolute Gasteiger partial charge is 0.412 e. The third-order valence-corrected chi connectivity index (χ3v) is 5.73. The van der Waals surface area contributed by atoms with Crippen molar-refractivity contribution in [2.45, 2.75) is 38.1 Å². The van der Waals surface area contributed by atoms with Crippen LogP contribution in [0.3, 0.4) is 0 Å². The second kappa shape index (κ2) is 10.7. The molecular formula is C18H27Cl3N2O2. The van der Waals surface area contributed by atoms with Gasteiger partial charge in [0.15, 0.2) is 0 Å². The van der Waals surface area contributed by atoms with Gasteiger partial charge in [0, 0.05) is 24.9 Å². The molecule has 3 rings (SSSR count). The van der Waals surface area contributed by atoms with Gasteiger partial charge in [0.1, 0.15) is 5.78 Å². The number of likely N-dealkylation sites (tertiary alicyclic amines) is 1. The normalized spacial score (nSPS) is 23.6. The van der Waals surface area contributed by atoms with Crippen LogP contribution in [0.5, 0.6) is 0 Å². The summed E-state index contributed by atoms with van der Waals surface area (Å²) in [5.41, 5.74) is 0.957. The van der Waals surface area contributed by atoms with E-state index in [2.05, 4.69) is 10.2 Å². The van der Waals surface area contributed by atoms with Crippen LogP contribution in [0, 0.1) is 5.92 Å². The first-order chi connectivity index (χ1) is 11.1. The highest BCUT2D eigenvalue weighted by atomic mass is 35.5. The van der Waals surface area contributed by atoms with E-state index in [-0.39, 0.29) is 23.8 Å². The lowest BCUT2D eigenvalue weighted by Gasteiger charge is -2.32. The number of hydrogen-bond donors (Lipinski definition) is 1. The predicted molar refractivity (Wildman–Crippen MR) is 106 cm³/mol. The van der Waals surface area contributed by atoms with Crippen LogP contribution in [-0.2, 0) is 11.2 Å². The molecule has 1 aromatic carbocycles. The minimum absolute atomic E-state index is 0. The molecule has 0 radical (unpaired) electrons. The molecule has 1 unspecified atom stereocenters. The maximum atomic E-state index is 12.6. The van der Waals surface area contributed by atoms with Crippen molar-refractivity contribution in [2.75, 3.05) is 26.2 Å². The third kappa shape index (κ3) is 6.38. The Balaban J connectivity index is 0.00000156. The van der Waals surface area contributed by atoms with Crippen LogP contribution in [0.15, 0.2) is 18.2 Å².